The van der Waals surface area contributed by atoms with E-state index < -0.39 is 0 Å². The Morgan fingerprint density at radius 2 is 1.84 bits per heavy atom. The van der Waals surface area contributed by atoms with Gasteiger partial charge in [-0.2, -0.15) is 0 Å². The SMILES string of the molecule is OCCNC1CC(CC2CC2)CN(CC2CCC2)C1. The molecular formula is C16H30N2O. The maximum absolute atomic E-state index is 9.00. The summed E-state index contributed by atoms with van der Waals surface area (Å²) in [5.41, 5.74) is 0. The molecule has 2 N–H and O–H groups in total. The van der Waals surface area contributed by atoms with Crippen molar-refractivity contribution in [2.24, 2.45) is 17.8 Å². The van der Waals surface area contributed by atoms with E-state index in [0.717, 1.165) is 24.3 Å². The van der Waals surface area contributed by atoms with Gasteiger partial charge in [0.25, 0.3) is 0 Å². The Kier molecular flexibility index (Phi) is 4.78. The molecule has 3 nitrogen and oxygen atoms in total. The molecule has 1 heterocycles. The Morgan fingerprint density at radius 1 is 1.00 bits per heavy atom. The van der Waals surface area contributed by atoms with E-state index >= 15 is 0 Å². The van der Waals surface area contributed by atoms with Gasteiger partial charge in [-0.25, -0.2) is 0 Å². The Hall–Kier alpha value is -0.120. The number of nitrogens with one attached hydrogen (secondary N) is 1. The maximum Gasteiger partial charge on any atom is 0.0556 e. The van der Waals surface area contributed by atoms with Crippen molar-refractivity contribution in [3.05, 3.63) is 0 Å². The third kappa shape index (κ3) is 4.17. The average molecular weight is 266 g/mol. The number of hydrogen-bond acceptors (Lipinski definition) is 3. The van der Waals surface area contributed by atoms with Gasteiger partial charge in [0, 0.05) is 32.2 Å². The van der Waals surface area contributed by atoms with E-state index in [2.05, 4.69) is 10.2 Å². The van der Waals surface area contributed by atoms with Crippen LogP contribution in [0.4, 0.5) is 0 Å². The van der Waals surface area contributed by atoms with Crippen LogP contribution in [0.1, 0.15) is 44.9 Å². The van der Waals surface area contributed by atoms with E-state index in [1.54, 1.807) is 0 Å². The normalized spacial score (nSPS) is 33.3. The Morgan fingerprint density at radius 3 is 2.47 bits per heavy atom. The molecule has 110 valence electrons. The quantitative estimate of drug-likeness (QED) is 0.738. The van der Waals surface area contributed by atoms with Crippen molar-refractivity contribution in [2.75, 3.05) is 32.8 Å². The van der Waals surface area contributed by atoms with Crippen LogP contribution in [0.2, 0.25) is 0 Å². The second-order valence-corrected chi connectivity index (χ2v) is 7.17. The molecule has 3 rings (SSSR count). The first-order valence-corrected chi connectivity index (χ1v) is 8.40. The molecule has 2 aliphatic carbocycles. The van der Waals surface area contributed by atoms with Gasteiger partial charge in [-0.15, -0.1) is 0 Å². The number of piperidine rings is 1. The summed E-state index contributed by atoms with van der Waals surface area (Å²) in [5.74, 6) is 2.93. The Labute approximate surface area is 117 Å². The zero-order chi connectivity index (χ0) is 13.1. The largest absolute Gasteiger partial charge is 0.395 e. The third-order valence-corrected chi connectivity index (χ3v) is 5.26. The summed E-state index contributed by atoms with van der Waals surface area (Å²) >= 11 is 0. The molecule has 0 aromatic carbocycles. The van der Waals surface area contributed by atoms with Crippen LogP contribution in [0.3, 0.4) is 0 Å². The fourth-order valence-corrected chi connectivity index (χ4v) is 3.90. The summed E-state index contributed by atoms with van der Waals surface area (Å²) in [6, 6.07) is 0.615. The van der Waals surface area contributed by atoms with E-state index in [-0.39, 0.29) is 6.61 Å². The molecule has 19 heavy (non-hydrogen) atoms. The summed E-state index contributed by atoms with van der Waals surface area (Å²) in [6.45, 7) is 4.91. The van der Waals surface area contributed by atoms with Gasteiger partial charge in [-0.3, -0.25) is 0 Å². The van der Waals surface area contributed by atoms with Gasteiger partial charge in [0.05, 0.1) is 6.61 Å². The molecule has 2 saturated carbocycles. The zero-order valence-corrected chi connectivity index (χ0v) is 12.2. The second kappa shape index (κ2) is 6.55. The van der Waals surface area contributed by atoms with Crippen LogP contribution in [-0.4, -0.2) is 48.8 Å². The lowest BCUT2D eigenvalue weighted by Crippen LogP contribution is -2.51. The predicted octanol–water partition coefficient (Wildman–Crippen LogP) is 1.86. The van der Waals surface area contributed by atoms with Crippen molar-refractivity contribution in [1.82, 2.24) is 10.2 Å². The molecule has 2 unspecified atom stereocenters. The first-order chi connectivity index (χ1) is 9.33. The summed E-state index contributed by atoms with van der Waals surface area (Å²) in [7, 11) is 0. The molecule has 0 radical (unpaired) electrons. The van der Waals surface area contributed by atoms with Gasteiger partial charge >= 0.3 is 0 Å². The van der Waals surface area contributed by atoms with Gasteiger partial charge < -0.3 is 15.3 Å². The standard InChI is InChI=1S/C16H30N2O/c19-7-6-17-16-9-15(8-13-4-5-13)11-18(12-16)10-14-2-1-3-14/h13-17,19H,1-12H2. The fraction of sp³-hybridized carbons (Fsp3) is 1.00. The molecule has 2 atom stereocenters. The number of aliphatic hydroxyl groups is 1. The van der Waals surface area contributed by atoms with Crippen LogP contribution >= 0.6 is 0 Å². The van der Waals surface area contributed by atoms with E-state index in [4.69, 9.17) is 5.11 Å². The second-order valence-electron chi connectivity index (χ2n) is 7.17. The lowest BCUT2D eigenvalue weighted by atomic mass is 9.83. The number of aliphatic hydroxyl groups excluding tert-OH is 1. The van der Waals surface area contributed by atoms with E-state index in [1.165, 1.54) is 64.6 Å². The van der Waals surface area contributed by atoms with Crippen molar-refractivity contribution in [2.45, 2.75) is 51.0 Å². The average Bonchev–Trinajstić information content (AvgIpc) is 3.15. The summed E-state index contributed by atoms with van der Waals surface area (Å²) in [5, 5.41) is 12.5. The molecule has 0 spiro atoms. The highest BCUT2D eigenvalue weighted by Gasteiger charge is 2.33. The monoisotopic (exact) mass is 266 g/mol. The molecule has 0 amide bonds. The van der Waals surface area contributed by atoms with Gasteiger partial charge in [-0.1, -0.05) is 19.3 Å². The van der Waals surface area contributed by atoms with Crippen LogP contribution < -0.4 is 5.32 Å². The first-order valence-electron chi connectivity index (χ1n) is 8.40. The highest BCUT2D eigenvalue weighted by molar-refractivity contribution is 4.88. The van der Waals surface area contributed by atoms with E-state index in [1.807, 2.05) is 0 Å². The Balaban J connectivity index is 1.49. The molecule has 0 aromatic heterocycles. The summed E-state index contributed by atoms with van der Waals surface area (Å²) < 4.78 is 0. The highest BCUT2D eigenvalue weighted by atomic mass is 16.3. The van der Waals surface area contributed by atoms with Gasteiger partial charge in [-0.05, 0) is 43.4 Å². The minimum atomic E-state index is 0.270. The van der Waals surface area contributed by atoms with Crippen molar-refractivity contribution < 1.29 is 5.11 Å². The zero-order valence-electron chi connectivity index (χ0n) is 12.2. The molecule has 0 aromatic rings. The van der Waals surface area contributed by atoms with Gasteiger partial charge in [0.1, 0.15) is 0 Å². The van der Waals surface area contributed by atoms with Gasteiger partial charge in [0.2, 0.25) is 0 Å². The minimum Gasteiger partial charge on any atom is -0.395 e. The number of nitrogens with zero attached hydrogens (tertiary/aromatic N) is 1. The molecule has 1 aliphatic heterocycles. The Bertz CT molecular complexity index is 276. The molecule has 0 bridgehead atoms. The predicted molar refractivity (Wildman–Crippen MR) is 78.1 cm³/mol. The van der Waals surface area contributed by atoms with Gasteiger partial charge in [0.15, 0.2) is 0 Å². The molecule has 3 aliphatic rings. The van der Waals surface area contributed by atoms with E-state index in [0.29, 0.717) is 6.04 Å². The third-order valence-electron chi connectivity index (χ3n) is 5.26. The smallest absolute Gasteiger partial charge is 0.0556 e. The lowest BCUT2D eigenvalue weighted by molar-refractivity contribution is 0.0947. The van der Waals surface area contributed by atoms with Crippen molar-refractivity contribution in [1.29, 1.82) is 0 Å². The van der Waals surface area contributed by atoms with Crippen LogP contribution in [0.15, 0.2) is 0 Å². The maximum atomic E-state index is 9.00. The summed E-state index contributed by atoms with van der Waals surface area (Å²) in [4.78, 5) is 2.72. The number of rotatable bonds is 7. The molecule has 1 saturated heterocycles. The van der Waals surface area contributed by atoms with Crippen LogP contribution in [0, 0.1) is 17.8 Å². The van der Waals surface area contributed by atoms with Crippen molar-refractivity contribution in [3.8, 4) is 0 Å². The minimum absolute atomic E-state index is 0.270. The molecule has 3 fully saturated rings. The number of hydrogen-bond donors (Lipinski definition) is 2. The molecular weight excluding hydrogens is 236 g/mol. The lowest BCUT2D eigenvalue weighted by Gasteiger charge is -2.41. The van der Waals surface area contributed by atoms with E-state index in [9.17, 15) is 0 Å². The first kappa shape index (κ1) is 13.8. The number of likely N-dealkylation sites (tertiary alicyclic amines) is 1. The molecule has 3 heteroatoms. The van der Waals surface area contributed by atoms with Crippen LogP contribution in [-0.2, 0) is 0 Å². The van der Waals surface area contributed by atoms with Crippen molar-refractivity contribution >= 4 is 0 Å². The van der Waals surface area contributed by atoms with Crippen LogP contribution in [0.5, 0.6) is 0 Å². The topological polar surface area (TPSA) is 35.5 Å². The summed E-state index contributed by atoms with van der Waals surface area (Å²) in [6.07, 6.45) is 10.1. The fourth-order valence-electron chi connectivity index (χ4n) is 3.90. The van der Waals surface area contributed by atoms with Crippen molar-refractivity contribution in [3.63, 3.8) is 0 Å². The highest BCUT2D eigenvalue weighted by Crippen LogP contribution is 2.38. The van der Waals surface area contributed by atoms with Crippen LogP contribution in [0.25, 0.3) is 0 Å².